The molecule has 0 N–H and O–H groups in total. The van der Waals surface area contributed by atoms with Crippen molar-refractivity contribution in [3.8, 4) is 17.1 Å². The van der Waals surface area contributed by atoms with Crippen LogP contribution >= 0.6 is 0 Å². The van der Waals surface area contributed by atoms with Crippen molar-refractivity contribution in [2.75, 3.05) is 20.2 Å². The van der Waals surface area contributed by atoms with Crippen LogP contribution in [0.4, 0.5) is 0 Å². The Morgan fingerprint density at radius 2 is 1.73 bits per heavy atom. The zero-order chi connectivity index (χ0) is 25.9. The molecule has 0 bridgehead atoms. The number of ether oxygens (including phenoxy) is 1. The van der Waals surface area contributed by atoms with Crippen LogP contribution in [0.2, 0.25) is 0 Å². The number of piperidine rings is 1. The lowest BCUT2D eigenvalue weighted by Crippen LogP contribution is -2.46. The molecule has 1 aliphatic heterocycles. The zero-order valence-corrected chi connectivity index (χ0v) is 21.0. The monoisotopic (exact) mass is 499 g/mol. The molecular formula is C28H29N5O4. The number of carbonyl (C=O) groups is 1. The number of amides is 1. The van der Waals surface area contributed by atoms with Crippen LogP contribution < -0.4 is 16.0 Å². The number of hydrogen-bond acceptors (Lipinski definition) is 6. The van der Waals surface area contributed by atoms with Gasteiger partial charge in [-0.25, -0.2) is 14.8 Å². The third-order valence-corrected chi connectivity index (χ3v) is 7.06. The molecule has 0 spiro atoms. The number of methoxy groups -OCH3 is 1. The van der Waals surface area contributed by atoms with Crippen LogP contribution in [0.1, 0.15) is 18.4 Å². The van der Waals surface area contributed by atoms with Gasteiger partial charge in [0.15, 0.2) is 11.5 Å². The van der Waals surface area contributed by atoms with Crippen LogP contribution in [0.3, 0.4) is 0 Å². The van der Waals surface area contributed by atoms with Gasteiger partial charge in [-0.15, -0.1) is 0 Å². The standard InChI is InChI=1S/C28H29N5O4/c1-31-26-23(17-29-25(30-26)21-8-10-22(37-2)11-9-21)27(35)33(28(31)36)18-24(34)32-14-12-20(13-15-32)16-19-6-4-3-5-7-19/h3-11,17,20H,12-16,18H2,1-2H3. The van der Waals surface area contributed by atoms with E-state index in [2.05, 4.69) is 22.1 Å². The fraction of sp³-hybridized carbons (Fsp3) is 0.321. The highest BCUT2D eigenvalue weighted by Gasteiger charge is 2.25. The minimum Gasteiger partial charge on any atom is -0.497 e. The number of hydrogen-bond donors (Lipinski definition) is 0. The molecule has 3 heterocycles. The Kier molecular flexibility index (Phi) is 6.85. The average Bonchev–Trinajstić information content (AvgIpc) is 2.94. The van der Waals surface area contributed by atoms with E-state index in [1.807, 2.05) is 18.2 Å². The largest absolute Gasteiger partial charge is 0.497 e. The molecule has 0 radical (unpaired) electrons. The second kappa shape index (κ2) is 10.4. The molecule has 1 amide bonds. The summed E-state index contributed by atoms with van der Waals surface area (Å²) in [6.07, 6.45) is 4.20. The smallest absolute Gasteiger partial charge is 0.332 e. The summed E-state index contributed by atoms with van der Waals surface area (Å²) in [5.74, 6) is 1.37. The number of likely N-dealkylation sites (tertiary alicyclic amines) is 1. The van der Waals surface area contributed by atoms with Gasteiger partial charge >= 0.3 is 5.69 Å². The lowest BCUT2D eigenvalue weighted by molar-refractivity contribution is -0.133. The molecule has 190 valence electrons. The van der Waals surface area contributed by atoms with E-state index in [4.69, 9.17) is 4.74 Å². The Morgan fingerprint density at radius 3 is 2.41 bits per heavy atom. The van der Waals surface area contributed by atoms with E-state index in [0.717, 1.165) is 29.4 Å². The first kappa shape index (κ1) is 24.4. The maximum atomic E-state index is 13.2. The molecule has 1 saturated heterocycles. The van der Waals surface area contributed by atoms with Crippen molar-refractivity contribution >= 4 is 16.9 Å². The van der Waals surface area contributed by atoms with Crippen LogP contribution in [0.25, 0.3) is 22.4 Å². The number of rotatable bonds is 6. The first-order valence-corrected chi connectivity index (χ1v) is 12.4. The van der Waals surface area contributed by atoms with Gasteiger partial charge in [0.25, 0.3) is 5.56 Å². The molecule has 0 saturated carbocycles. The van der Waals surface area contributed by atoms with Crippen molar-refractivity contribution in [2.24, 2.45) is 13.0 Å². The number of aromatic nitrogens is 4. The van der Waals surface area contributed by atoms with Crippen molar-refractivity contribution < 1.29 is 9.53 Å². The number of nitrogens with zero attached hydrogens (tertiary/aromatic N) is 5. The molecule has 2 aromatic heterocycles. The maximum absolute atomic E-state index is 13.2. The van der Waals surface area contributed by atoms with E-state index in [0.29, 0.717) is 30.6 Å². The van der Waals surface area contributed by atoms with E-state index in [1.165, 1.54) is 16.3 Å². The Balaban J connectivity index is 1.33. The van der Waals surface area contributed by atoms with E-state index < -0.39 is 11.2 Å². The van der Waals surface area contributed by atoms with E-state index in [-0.39, 0.29) is 23.5 Å². The summed E-state index contributed by atoms with van der Waals surface area (Å²) in [7, 11) is 3.13. The highest BCUT2D eigenvalue weighted by atomic mass is 16.5. The minimum atomic E-state index is -0.579. The third-order valence-electron chi connectivity index (χ3n) is 7.06. The summed E-state index contributed by atoms with van der Waals surface area (Å²) in [6, 6.07) is 17.5. The van der Waals surface area contributed by atoms with Crippen LogP contribution in [-0.2, 0) is 24.8 Å². The van der Waals surface area contributed by atoms with E-state index >= 15 is 0 Å². The van der Waals surface area contributed by atoms with Crippen LogP contribution in [-0.4, -0.2) is 50.1 Å². The molecule has 5 rings (SSSR count). The van der Waals surface area contributed by atoms with Gasteiger partial charge in [-0.2, -0.15) is 0 Å². The van der Waals surface area contributed by atoms with Crippen molar-refractivity contribution in [3.63, 3.8) is 0 Å². The fourth-order valence-corrected chi connectivity index (χ4v) is 4.87. The number of aryl methyl sites for hydroxylation is 1. The molecule has 9 nitrogen and oxygen atoms in total. The number of carbonyl (C=O) groups excluding carboxylic acids is 1. The average molecular weight is 500 g/mol. The molecule has 37 heavy (non-hydrogen) atoms. The maximum Gasteiger partial charge on any atom is 0.332 e. The lowest BCUT2D eigenvalue weighted by atomic mass is 9.90. The Bertz CT molecular complexity index is 1540. The highest BCUT2D eigenvalue weighted by molar-refractivity contribution is 5.78. The second-order valence-electron chi connectivity index (χ2n) is 9.41. The molecule has 9 heteroatoms. The summed E-state index contributed by atoms with van der Waals surface area (Å²) in [5, 5.41) is 0.189. The predicted octanol–water partition coefficient (Wildman–Crippen LogP) is 2.65. The van der Waals surface area contributed by atoms with Gasteiger partial charge in [0.1, 0.15) is 17.7 Å². The number of fused-ring (bicyclic) bond motifs is 1. The van der Waals surface area contributed by atoms with Gasteiger partial charge in [-0.05, 0) is 55.0 Å². The molecule has 0 unspecified atom stereocenters. The third kappa shape index (κ3) is 5.02. The van der Waals surface area contributed by atoms with Crippen LogP contribution in [0.5, 0.6) is 5.75 Å². The quantitative estimate of drug-likeness (QED) is 0.405. The summed E-state index contributed by atoms with van der Waals surface area (Å²) in [6.45, 7) is 0.936. The van der Waals surface area contributed by atoms with Crippen LogP contribution in [0.15, 0.2) is 70.4 Å². The van der Waals surface area contributed by atoms with Crippen molar-refractivity contribution in [2.45, 2.75) is 25.8 Å². The van der Waals surface area contributed by atoms with Crippen molar-refractivity contribution in [1.82, 2.24) is 24.0 Å². The Hall–Kier alpha value is -4.27. The summed E-state index contributed by atoms with van der Waals surface area (Å²) < 4.78 is 7.46. The Labute approximate surface area is 214 Å². The summed E-state index contributed by atoms with van der Waals surface area (Å²) >= 11 is 0. The molecule has 1 fully saturated rings. The van der Waals surface area contributed by atoms with Gasteiger partial charge in [-0.3, -0.25) is 18.7 Å². The van der Waals surface area contributed by atoms with Gasteiger partial charge < -0.3 is 9.64 Å². The lowest BCUT2D eigenvalue weighted by Gasteiger charge is -2.32. The van der Waals surface area contributed by atoms with Gasteiger partial charge in [0.2, 0.25) is 5.91 Å². The zero-order valence-electron chi connectivity index (χ0n) is 21.0. The first-order valence-electron chi connectivity index (χ1n) is 12.4. The predicted molar refractivity (Wildman–Crippen MR) is 140 cm³/mol. The topological polar surface area (TPSA) is 99.3 Å². The highest BCUT2D eigenvalue weighted by Crippen LogP contribution is 2.22. The summed E-state index contributed by atoms with van der Waals surface area (Å²) in [5.41, 5.74) is 1.11. The fourth-order valence-electron chi connectivity index (χ4n) is 4.87. The summed E-state index contributed by atoms with van der Waals surface area (Å²) in [4.78, 5) is 49.9. The first-order chi connectivity index (χ1) is 17.9. The molecule has 2 aromatic carbocycles. The molecule has 0 atom stereocenters. The van der Waals surface area contributed by atoms with E-state index in [9.17, 15) is 14.4 Å². The normalized spacial score (nSPS) is 14.2. The molecule has 0 aliphatic carbocycles. The van der Waals surface area contributed by atoms with Gasteiger partial charge in [0, 0.05) is 31.9 Å². The second-order valence-corrected chi connectivity index (χ2v) is 9.41. The number of benzene rings is 2. The van der Waals surface area contributed by atoms with Crippen molar-refractivity contribution in [3.05, 3.63) is 87.2 Å². The minimum absolute atomic E-state index is 0.189. The Morgan fingerprint density at radius 1 is 1.03 bits per heavy atom. The molecular weight excluding hydrogens is 470 g/mol. The van der Waals surface area contributed by atoms with Crippen molar-refractivity contribution in [1.29, 1.82) is 0 Å². The van der Waals surface area contributed by atoms with Crippen LogP contribution in [0, 0.1) is 5.92 Å². The van der Waals surface area contributed by atoms with Gasteiger partial charge in [-0.1, -0.05) is 30.3 Å². The van der Waals surface area contributed by atoms with E-state index in [1.54, 1.807) is 43.3 Å². The molecule has 4 aromatic rings. The van der Waals surface area contributed by atoms with Gasteiger partial charge in [0.05, 0.1) is 7.11 Å². The SMILES string of the molecule is COc1ccc(-c2ncc3c(=O)n(CC(=O)N4CCC(Cc5ccccc5)CC4)c(=O)n(C)c3n2)cc1. The molecule has 1 aliphatic rings.